The number of carbonyl (C=O) groups excluding carboxylic acids is 1. The number of morpholine rings is 1. The van der Waals surface area contributed by atoms with E-state index >= 15 is 0 Å². The van der Waals surface area contributed by atoms with E-state index in [4.69, 9.17) is 9.47 Å². The van der Waals surface area contributed by atoms with E-state index in [0.717, 1.165) is 24.4 Å². The molecule has 1 aliphatic rings. The predicted molar refractivity (Wildman–Crippen MR) is 87.6 cm³/mol. The van der Waals surface area contributed by atoms with Crippen LogP contribution in [0.3, 0.4) is 0 Å². The van der Waals surface area contributed by atoms with Gasteiger partial charge in [-0.2, -0.15) is 0 Å². The number of hydrogen-bond acceptors (Lipinski definition) is 4. The molecule has 4 nitrogen and oxygen atoms in total. The summed E-state index contributed by atoms with van der Waals surface area (Å²) in [5.41, 5.74) is 0.740. The molecule has 22 heavy (non-hydrogen) atoms. The Morgan fingerprint density at radius 1 is 1.23 bits per heavy atom. The zero-order chi connectivity index (χ0) is 16.1. The van der Waals surface area contributed by atoms with E-state index in [9.17, 15) is 4.79 Å². The molecule has 1 heterocycles. The van der Waals surface area contributed by atoms with Gasteiger partial charge in [0.1, 0.15) is 5.75 Å². The van der Waals surface area contributed by atoms with Crippen LogP contribution in [0.2, 0.25) is 0 Å². The van der Waals surface area contributed by atoms with Crippen molar-refractivity contribution in [3.8, 4) is 5.75 Å². The SMILES string of the molecule is CC(C)COc1ccc(C(=O)CN2CC(C)OC(C)C2)cc1. The number of hydrogen-bond donors (Lipinski definition) is 0. The van der Waals surface area contributed by atoms with Gasteiger partial charge in [0.15, 0.2) is 5.78 Å². The predicted octanol–water partition coefficient (Wildman–Crippen LogP) is 3.01. The maximum Gasteiger partial charge on any atom is 0.176 e. The lowest BCUT2D eigenvalue weighted by atomic mass is 10.1. The third-order valence-corrected chi connectivity index (χ3v) is 3.62. The maximum absolute atomic E-state index is 12.4. The Morgan fingerprint density at radius 2 is 1.82 bits per heavy atom. The fraction of sp³-hybridized carbons (Fsp3) is 0.611. The van der Waals surface area contributed by atoms with E-state index in [0.29, 0.717) is 19.1 Å². The van der Waals surface area contributed by atoms with Crippen LogP contribution in [0, 0.1) is 5.92 Å². The van der Waals surface area contributed by atoms with Crippen LogP contribution in [0.4, 0.5) is 0 Å². The molecule has 1 aliphatic heterocycles. The molecule has 2 unspecified atom stereocenters. The summed E-state index contributed by atoms with van der Waals surface area (Å²) in [6.45, 7) is 11.1. The lowest BCUT2D eigenvalue weighted by molar-refractivity contribution is -0.0652. The Morgan fingerprint density at radius 3 is 2.36 bits per heavy atom. The highest BCUT2D eigenvalue weighted by Gasteiger charge is 2.23. The van der Waals surface area contributed by atoms with Crippen LogP contribution < -0.4 is 4.74 Å². The third-order valence-electron chi connectivity index (χ3n) is 3.62. The Labute approximate surface area is 133 Å². The summed E-state index contributed by atoms with van der Waals surface area (Å²) < 4.78 is 11.3. The molecule has 0 radical (unpaired) electrons. The van der Waals surface area contributed by atoms with Gasteiger partial charge in [-0.05, 0) is 44.0 Å². The molecule has 4 heteroatoms. The van der Waals surface area contributed by atoms with Crippen LogP contribution in [0.5, 0.6) is 5.75 Å². The van der Waals surface area contributed by atoms with E-state index in [1.54, 1.807) is 0 Å². The Hall–Kier alpha value is -1.39. The summed E-state index contributed by atoms with van der Waals surface area (Å²) in [5, 5.41) is 0. The fourth-order valence-corrected chi connectivity index (χ4v) is 2.71. The number of nitrogens with zero attached hydrogens (tertiary/aromatic N) is 1. The average molecular weight is 305 g/mol. The quantitative estimate of drug-likeness (QED) is 0.757. The number of rotatable bonds is 6. The molecule has 0 bridgehead atoms. The second kappa shape index (κ2) is 7.75. The molecule has 1 fully saturated rings. The highest BCUT2D eigenvalue weighted by atomic mass is 16.5. The number of ether oxygens (including phenoxy) is 2. The van der Waals surface area contributed by atoms with Gasteiger partial charge >= 0.3 is 0 Å². The van der Waals surface area contributed by atoms with Crippen molar-refractivity contribution in [2.24, 2.45) is 5.92 Å². The molecule has 2 atom stereocenters. The molecule has 0 spiro atoms. The van der Waals surface area contributed by atoms with Gasteiger partial charge in [-0.3, -0.25) is 9.69 Å². The van der Waals surface area contributed by atoms with Gasteiger partial charge in [-0.15, -0.1) is 0 Å². The van der Waals surface area contributed by atoms with E-state index < -0.39 is 0 Å². The molecule has 0 N–H and O–H groups in total. The van der Waals surface area contributed by atoms with Crippen LogP contribution >= 0.6 is 0 Å². The summed E-state index contributed by atoms with van der Waals surface area (Å²) >= 11 is 0. The monoisotopic (exact) mass is 305 g/mol. The minimum Gasteiger partial charge on any atom is -0.493 e. The Bertz CT molecular complexity index is 474. The van der Waals surface area contributed by atoms with Gasteiger partial charge in [0.2, 0.25) is 0 Å². The van der Waals surface area contributed by atoms with Gasteiger partial charge in [0.25, 0.3) is 0 Å². The van der Waals surface area contributed by atoms with Gasteiger partial charge in [0.05, 0.1) is 25.4 Å². The van der Waals surface area contributed by atoms with Crippen molar-refractivity contribution >= 4 is 5.78 Å². The zero-order valence-electron chi connectivity index (χ0n) is 14.0. The van der Waals surface area contributed by atoms with E-state index in [1.165, 1.54) is 0 Å². The van der Waals surface area contributed by atoms with Crippen molar-refractivity contribution in [2.75, 3.05) is 26.2 Å². The summed E-state index contributed by atoms with van der Waals surface area (Å²) in [6, 6.07) is 7.46. The highest BCUT2D eigenvalue weighted by molar-refractivity contribution is 5.97. The minimum atomic E-state index is 0.150. The van der Waals surface area contributed by atoms with Crippen molar-refractivity contribution in [1.29, 1.82) is 0 Å². The van der Waals surface area contributed by atoms with Crippen molar-refractivity contribution in [1.82, 2.24) is 4.90 Å². The lowest BCUT2D eigenvalue weighted by Gasteiger charge is -2.34. The van der Waals surface area contributed by atoms with Crippen molar-refractivity contribution in [2.45, 2.75) is 39.9 Å². The molecule has 1 saturated heterocycles. The molecule has 2 rings (SSSR count). The molecular formula is C18H27NO3. The van der Waals surface area contributed by atoms with Crippen LogP contribution in [0.15, 0.2) is 24.3 Å². The first kappa shape index (κ1) is 17.0. The topological polar surface area (TPSA) is 38.8 Å². The molecule has 1 aromatic carbocycles. The summed E-state index contributed by atoms with van der Waals surface area (Å²) in [4.78, 5) is 14.6. The maximum atomic E-state index is 12.4. The molecule has 122 valence electrons. The van der Waals surface area contributed by atoms with Gasteiger partial charge in [0, 0.05) is 18.7 Å². The molecule has 0 aliphatic carbocycles. The van der Waals surface area contributed by atoms with Gasteiger partial charge < -0.3 is 9.47 Å². The number of Topliss-reactive ketones (excluding diaryl/α,β-unsaturated/α-hetero) is 1. The molecular weight excluding hydrogens is 278 g/mol. The standard InChI is InChI=1S/C18H27NO3/c1-13(2)12-21-17-7-5-16(6-8-17)18(20)11-19-9-14(3)22-15(4)10-19/h5-8,13-15H,9-12H2,1-4H3. The van der Waals surface area contributed by atoms with E-state index in [2.05, 4.69) is 18.7 Å². The first-order valence-electron chi connectivity index (χ1n) is 8.08. The molecule has 0 aromatic heterocycles. The summed E-state index contributed by atoms with van der Waals surface area (Å²) in [6.07, 6.45) is 0.367. The number of carbonyl (C=O) groups is 1. The van der Waals surface area contributed by atoms with Crippen molar-refractivity contribution < 1.29 is 14.3 Å². The molecule has 0 saturated carbocycles. The van der Waals surface area contributed by atoms with Crippen LogP contribution in [-0.4, -0.2) is 49.1 Å². The highest BCUT2D eigenvalue weighted by Crippen LogP contribution is 2.15. The Kier molecular flexibility index (Phi) is 5.98. The zero-order valence-corrected chi connectivity index (χ0v) is 14.0. The van der Waals surface area contributed by atoms with Crippen LogP contribution in [-0.2, 0) is 4.74 Å². The summed E-state index contributed by atoms with van der Waals surface area (Å²) in [7, 11) is 0. The average Bonchev–Trinajstić information content (AvgIpc) is 2.44. The first-order chi connectivity index (χ1) is 10.4. The second-order valence-electron chi connectivity index (χ2n) is 6.60. The largest absolute Gasteiger partial charge is 0.493 e. The van der Waals surface area contributed by atoms with E-state index in [1.807, 2.05) is 38.1 Å². The normalized spacial score (nSPS) is 22.8. The fourth-order valence-electron chi connectivity index (χ4n) is 2.71. The second-order valence-corrected chi connectivity index (χ2v) is 6.60. The van der Waals surface area contributed by atoms with Crippen LogP contribution in [0.25, 0.3) is 0 Å². The minimum absolute atomic E-state index is 0.150. The van der Waals surface area contributed by atoms with Gasteiger partial charge in [-0.1, -0.05) is 13.8 Å². The first-order valence-corrected chi connectivity index (χ1v) is 8.08. The summed E-state index contributed by atoms with van der Waals surface area (Å²) in [5.74, 6) is 1.46. The van der Waals surface area contributed by atoms with Gasteiger partial charge in [-0.25, -0.2) is 0 Å². The lowest BCUT2D eigenvalue weighted by Crippen LogP contribution is -2.47. The Balaban J connectivity index is 1.89. The number of ketones is 1. The third kappa shape index (κ3) is 5.11. The molecule has 1 aromatic rings. The van der Waals surface area contributed by atoms with Crippen molar-refractivity contribution in [3.63, 3.8) is 0 Å². The van der Waals surface area contributed by atoms with E-state index in [-0.39, 0.29) is 18.0 Å². The van der Waals surface area contributed by atoms with Crippen LogP contribution in [0.1, 0.15) is 38.1 Å². The van der Waals surface area contributed by atoms with Crippen molar-refractivity contribution in [3.05, 3.63) is 29.8 Å². The smallest absolute Gasteiger partial charge is 0.176 e. The number of benzene rings is 1. The molecule has 0 amide bonds.